The summed E-state index contributed by atoms with van der Waals surface area (Å²) >= 11 is 18.1. The number of aryl methyl sites for hydroxylation is 1. The van der Waals surface area contributed by atoms with Crippen LogP contribution in [-0.4, -0.2) is 28.3 Å². The van der Waals surface area contributed by atoms with Gasteiger partial charge in [0.05, 0.1) is 23.9 Å². The average Bonchev–Trinajstić information content (AvgIpc) is 2.76. The van der Waals surface area contributed by atoms with Crippen LogP contribution in [0.4, 0.5) is 4.39 Å². The first kappa shape index (κ1) is 22.5. The summed E-state index contributed by atoms with van der Waals surface area (Å²) in [5.41, 5.74) is 3.01. The van der Waals surface area contributed by atoms with Gasteiger partial charge in [0.2, 0.25) is 0 Å². The summed E-state index contributed by atoms with van der Waals surface area (Å²) in [5.74, 6) is -0.789. The molecule has 0 saturated carbocycles. The number of aromatic nitrogens is 2. The largest absolute Gasteiger partial charge is 0.452 e. The summed E-state index contributed by atoms with van der Waals surface area (Å²) in [6.45, 7) is 0.243. The maximum atomic E-state index is 14.4. The van der Waals surface area contributed by atoms with Crippen molar-refractivity contribution in [2.45, 2.75) is 12.5 Å². The van der Waals surface area contributed by atoms with E-state index in [1.807, 2.05) is 6.07 Å². The minimum Gasteiger partial charge on any atom is -0.452 e. The summed E-state index contributed by atoms with van der Waals surface area (Å²) in [5, 5.41) is 4.88. The summed E-state index contributed by atoms with van der Waals surface area (Å²) in [6, 6.07) is 9.15. The number of ether oxygens (including phenoxy) is 1. The van der Waals surface area contributed by atoms with Crippen molar-refractivity contribution in [3.8, 4) is 11.5 Å². The second kappa shape index (κ2) is 9.46. The Kier molecular flexibility index (Phi) is 6.66. The molecule has 1 aliphatic heterocycles. The molecule has 0 spiro atoms. The van der Waals surface area contributed by atoms with Crippen molar-refractivity contribution in [2.24, 2.45) is 12.0 Å². The molecule has 0 amide bonds. The fourth-order valence-electron chi connectivity index (χ4n) is 3.11. The average molecular weight is 498 g/mol. The first-order valence-electron chi connectivity index (χ1n) is 9.41. The molecule has 1 aliphatic rings. The van der Waals surface area contributed by atoms with Crippen molar-refractivity contribution in [3.05, 3.63) is 85.0 Å². The van der Waals surface area contributed by atoms with Gasteiger partial charge in [0.15, 0.2) is 23.2 Å². The van der Waals surface area contributed by atoms with Crippen LogP contribution in [0.25, 0.3) is 0 Å². The summed E-state index contributed by atoms with van der Waals surface area (Å²) in [4.78, 5) is 22.9. The smallest absolute Gasteiger partial charge is 0.281 e. The lowest BCUT2D eigenvalue weighted by molar-refractivity contribution is 0.0622. The van der Waals surface area contributed by atoms with Crippen molar-refractivity contribution in [1.29, 1.82) is 0 Å². The Morgan fingerprint density at radius 1 is 1.22 bits per heavy atom. The van der Waals surface area contributed by atoms with Gasteiger partial charge in [-0.25, -0.2) is 14.6 Å². The molecule has 2 aromatic carbocycles. The predicted octanol–water partition coefficient (Wildman–Crippen LogP) is 4.56. The van der Waals surface area contributed by atoms with Crippen molar-refractivity contribution in [1.82, 2.24) is 15.3 Å². The van der Waals surface area contributed by atoms with Crippen LogP contribution >= 0.6 is 34.8 Å². The van der Waals surface area contributed by atoms with Gasteiger partial charge in [-0.15, -0.1) is 0 Å². The van der Waals surface area contributed by atoms with Crippen LogP contribution in [0.1, 0.15) is 11.1 Å². The van der Waals surface area contributed by atoms with E-state index >= 15 is 0 Å². The van der Waals surface area contributed by atoms with Crippen LogP contribution in [0.5, 0.6) is 11.5 Å². The zero-order chi connectivity index (χ0) is 22.8. The van der Waals surface area contributed by atoms with E-state index in [0.717, 1.165) is 10.2 Å². The van der Waals surface area contributed by atoms with E-state index in [2.05, 4.69) is 15.6 Å². The third kappa shape index (κ3) is 4.73. The first-order valence-corrected chi connectivity index (χ1v) is 10.5. The SMILES string of the molecule is Cn1ncc(Oc2cccc(Cl)c2F)c(C2=N[C@H](Cc3ccc(Cl)cc3Cl)CON2)c1=O. The minimum atomic E-state index is -0.758. The van der Waals surface area contributed by atoms with E-state index in [4.69, 9.17) is 44.4 Å². The molecule has 4 rings (SSSR count). The Morgan fingerprint density at radius 2 is 2.03 bits per heavy atom. The Balaban J connectivity index is 1.70. The normalized spacial score (nSPS) is 15.8. The molecule has 32 heavy (non-hydrogen) atoms. The van der Waals surface area contributed by atoms with Gasteiger partial charge in [0, 0.05) is 17.1 Å². The third-order valence-corrected chi connectivity index (χ3v) is 5.58. The number of nitrogens with one attached hydrogen (secondary N) is 1. The number of amidine groups is 1. The number of hydrogen-bond donors (Lipinski definition) is 1. The lowest BCUT2D eigenvalue weighted by Crippen LogP contribution is -2.40. The van der Waals surface area contributed by atoms with Crippen molar-refractivity contribution in [2.75, 3.05) is 6.61 Å². The molecule has 0 unspecified atom stereocenters. The van der Waals surface area contributed by atoms with E-state index in [9.17, 15) is 9.18 Å². The van der Waals surface area contributed by atoms with Gasteiger partial charge in [0.25, 0.3) is 5.56 Å². The van der Waals surface area contributed by atoms with Crippen LogP contribution in [0.15, 0.2) is 52.4 Å². The standard InChI is InChI=1S/C21H16Cl3FN4O3/c1-29-21(30)18(17(9-26-29)32-16-4-2-3-14(23)19(16)25)20-27-13(10-31-28-20)7-11-5-6-12(22)8-15(11)24/h2-6,8-9,13H,7,10H2,1H3,(H,27,28)/t13-/m1/s1. The van der Waals surface area contributed by atoms with Crippen LogP contribution < -0.4 is 15.8 Å². The highest BCUT2D eigenvalue weighted by Gasteiger charge is 2.25. The fourth-order valence-corrected chi connectivity index (χ4v) is 3.77. The highest BCUT2D eigenvalue weighted by molar-refractivity contribution is 6.35. The van der Waals surface area contributed by atoms with Crippen molar-refractivity contribution in [3.63, 3.8) is 0 Å². The monoisotopic (exact) mass is 496 g/mol. The molecule has 11 heteroatoms. The predicted molar refractivity (Wildman–Crippen MR) is 121 cm³/mol. The molecule has 1 aromatic heterocycles. The van der Waals surface area contributed by atoms with E-state index < -0.39 is 11.4 Å². The van der Waals surface area contributed by atoms with E-state index in [1.54, 1.807) is 12.1 Å². The van der Waals surface area contributed by atoms with Crippen LogP contribution in [-0.2, 0) is 18.3 Å². The lowest BCUT2D eigenvalue weighted by Gasteiger charge is -2.23. The highest BCUT2D eigenvalue weighted by atomic mass is 35.5. The molecular weight excluding hydrogens is 482 g/mol. The zero-order valence-electron chi connectivity index (χ0n) is 16.6. The number of rotatable bonds is 5. The number of halogens is 4. The zero-order valence-corrected chi connectivity index (χ0v) is 18.9. The third-order valence-electron chi connectivity index (χ3n) is 4.70. The highest BCUT2D eigenvalue weighted by Crippen LogP contribution is 2.30. The molecule has 2 heterocycles. The van der Waals surface area contributed by atoms with E-state index in [0.29, 0.717) is 16.5 Å². The summed E-state index contributed by atoms with van der Waals surface area (Å²) in [7, 11) is 1.48. The molecular formula is C21H16Cl3FN4O3. The number of nitrogens with zero attached hydrogens (tertiary/aromatic N) is 3. The Bertz CT molecular complexity index is 1270. The lowest BCUT2D eigenvalue weighted by atomic mass is 10.1. The van der Waals surface area contributed by atoms with Gasteiger partial charge in [-0.05, 0) is 36.2 Å². The molecule has 0 radical (unpaired) electrons. The molecule has 0 saturated heterocycles. The van der Waals surface area contributed by atoms with Crippen molar-refractivity contribution < 1.29 is 14.0 Å². The summed E-state index contributed by atoms with van der Waals surface area (Å²) in [6.07, 6.45) is 1.74. The van der Waals surface area contributed by atoms with Gasteiger partial charge >= 0.3 is 0 Å². The first-order chi connectivity index (χ1) is 15.3. The number of benzene rings is 2. The Morgan fingerprint density at radius 3 is 2.81 bits per heavy atom. The van der Waals surface area contributed by atoms with Crippen LogP contribution in [0.2, 0.25) is 15.1 Å². The molecule has 3 aromatic rings. The molecule has 7 nitrogen and oxygen atoms in total. The molecule has 0 fully saturated rings. The molecule has 1 N–H and O–H groups in total. The Hall–Kier alpha value is -2.65. The van der Waals surface area contributed by atoms with E-state index in [-0.39, 0.29) is 40.6 Å². The second-order valence-corrected chi connectivity index (χ2v) is 8.20. The quantitative estimate of drug-likeness (QED) is 0.559. The second-order valence-electron chi connectivity index (χ2n) is 6.95. The molecule has 166 valence electrons. The molecule has 0 aliphatic carbocycles. The number of hydrogen-bond acceptors (Lipinski definition) is 6. The van der Waals surface area contributed by atoms with Crippen LogP contribution in [0, 0.1) is 5.82 Å². The Labute approximate surface area is 197 Å². The van der Waals surface area contributed by atoms with Crippen molar-refractivity contribution >= 4 is 40.6 Å². The fraction of sp³-hybridized carbons (Fsp3) is 0.190. The maximum Gasteiger partial charge on any atom is 0.281 e. The number of aliphatic imine (C=N–C) groups is 1. The van der Waals surface area contributed by atoms with E-state index in [1.165, 1.54) is 31.4 Å². The summed E-state index contributed by atoms with van der Waals surface area (Å²) < 4.78 is 21.1. The minimum absolute atomic E-state index is 0.00529. The van der Waals surface area contributed by atoms with Gasteiger partial charge < -0.3 is 4.74 Å². The topological polar surface area (TPSA) is 77.7 Å². The van der Waals surface area contributed by atoms with Gasteiger partial charge in [0.1, 0.15) is 5.56 Å². The molecule has 1 atom stereocenters. The van der Waals surface area contributed by atoms with Gasteiger partial charge in [-0.2, -0.15) is 5.10 Å². The molecule has 0 bridgehead atoms. The van der Waals surface area contributed by atoms with Gasteiger partial charge in [-0.3, -0.25) is 14.6 Å². The number of hydroxylamine groups is 1. The van der Waals surface area contributed by atoms with Crippen LogP contribution in [0.3, 0.4) is 0 Å². The van der Waals surface area contributed by atoms with Gasteiger partial charge in [-0.1, -0.05) is 46.9 Å². The maximum absolute atomic E-state index is 14.4.